The number of sulfonamides is 1. The number of nitrogens with two attached hydrogens (primary N) is 1. The van der Waals surface area contributed by atoms with Crippen molar-refractivity contribution in [2.75, 3.05) is 12.8 Å². The second-order valence-corrected chi connectivity index (χ2v) is 7.35. The fourth-order valence-corrected chi connectivity index (χ4v) is 3.40. The average Bonchev–Trinajstić information content (AvgIpc) is 2.41. The molecule has 0 saturated heterocycles. The van der Waals surface area contributed by atoms with Gasteiger partial charge in [-0.2, -0.15) is 0 Å². The van der Waals surface area contributed by atoms with Gasteiger partial charge in [0.15, 0.2) is 0 Å². The Labute approximate surface area is 130 Å². The van der Waals surface area contributed by atoms with Crippen molar-refractivity contribution >= 4 is 27.3 Å². The van der Waals surface area contributed by atoms with Crippen LogP contribution in [-0.4, -0.2) is 19.8 Å². The summed E-state index contributed by atoms with van der Waals surface area (Å²) in [6.45, 7) is 0.273. The van der Waals surface area contributed by atoms with E-state index in [4.69, 9.17) is 17.3 Å². The number of nitrogens with zero attached hydrogens (tertiary/aromatic N) is 1. The van der Waals surface area contributed by atoms with Crippen LogP contribution in [0.25, 0.3) is 0 Å². The zero-order valence-corrected chi connectivity index (χ0v) is 13.2. The van der Waals surface area contributed by atoms with E-state index in [0.29, 0.717) is 16.3 Å². The van der Waals surface area contributed by atoms with Crippen molar-refractivity contribution in [2.45, 2.75) is 12.3 Å². The van der Waals surface area contributed by atoms with Gasteiger partial charge in [0, 0.05) is 24.3 Å². The molecule has 2 aromatic carbocycles. The van der Waals surface area contributed by atoms with Crippen molar-refractivity contribution in [3.05, 3.63) is 64.7 Å². The van der Waals surface area contributed by atoms with Crippen LogP contribution in [0.15, 0.2) is 48.5 Å². The Morgan fingerprint density at radius 2 is 1.86 bits per heavy atom. The summed E-state index contributed by atoms with van der Waals surface area (Å²) in [5.74, 6) is -0.114. The number of anilines is 1. The summed E-state index contributed by atoms with van der Waals surface area (Å²) in [7, 11) is -1.89. The molecule has 2 rings (SSSR count). The summed E-state index contributed by atoms with van der Waals surface area (Å²) in [6.07, 6.45) is 0. The van der Waals surface area contributed by atoms with E-state index in [0.717, 1.165) is 5.56 Å². The number of halogens is 1. The molecule has 0 aliphatic rings. The lowest BCUT2D eigenvalue weighted by atomic mass is 10.2. The molecule has 2 aromatic rings. The molecule has 0 atom stereocenters. The summed E-state index contributed by atoms with van der Waals surface area (Å²) >= 11 is 5.91. The van der Waals surface area contributed by atoms with Crippen molar-refractivity contribution < 1.29 is 8.42 Å². The number of benzene rings is 2. The maximum atomic E-state index is 12.4. The van der Waals surface area contributed by atoms with E-state index in [2.05, 4.69) is 0 Å². The second kappa shape index (κ2) is 6.47. The zero-order chi connectivity index (χ0) is 15.5. The summed E-state index contributed by atoms with van der Waals surface area (Å²) < 4.78 is 26.1. The van der Waals surface area contributed by atoms with Crippen LogP contribution in [0.1, 0.15) is 11.1 Å². The molecule has 21 heavy (non-hydrogen) atoms. The highest BCUT2D eigenvalue weighted by Crippen LogP contribution is 2.18. The first-order valence-electron chi connectivity index (χ1n) is 6.40. The maximum Gasteiger partial charge on any atom is 0.218 e. The van der Waals surface area contributed by atoms with Crippen molar-refractivity contribution in [3.63, 3.8) is 0 Å². The molecule has 0 amide bonds. The van der Waals surface area contributed by atoms with E-state index in [9.17, 15) is 8.42 Å². The molecule has 0 aromatic heterocycles. The minimum Gasteiger partial charge on any atom is -0.398 e. The zero-order valence-electron chi connectivity index (χ0n) is 11.7. The first-order valence-corrected chi connectivity index (χ1v) is 8.39. The van der Waals surface area contributed by atoms with E-state index >= 15 is 0 Å². The summed E-state index contributed by atoms with van der Waals surface area (Å²) in [5, 5.41) is 0.589. The molecule has 0 fully saturated rings. The SMILES string of the molecule is CN(Cc1cccc(Cl)c1)S(=O)(=O)Cc1ccccc1N. The minimum absolute atomic E-state index is 0.114. The highest BCUT2D eigenvalue weighted by Gasteiger charge is 2.19. The standard InChI is InChI=1S/C15H17ClN2O2S/c1-18(10-12-5-4-7-14(16)9-12)21(19,20)11-13-6-2-3-8-15(13)17/h2-9H,10-11,17H2,1H3. The predicted molar refractivity (Wildman–Crippen MR) is 86.4 cm³/mol. The van der Waals surface area contributed by atoms with Crippen LogP contribution in [0.5, 0.6) is 0 Å². The monoisotopic (exact) mass is 324 g/mol. The molecule has 0 aliphatic carbocycles. The van der Waals surface area contributed by atoms with Gasteiger partial charge in [-0.05, 0) is 29.3 Å². The Morgan fingerprint density at radius 3 is 2.52 bits per heavy atom. The van der Waals surface area contributed by atoms with Crippen molar-refractivity contribution in [3.8, 4) is 0 Å². The molecule has 0 heterocycles. The van der Waals surface area contributed by atoms with Gasteiger partial charge in [-0.3, -0.25) is 0 Å². The molecule has 2 N–H and O–H groups in total. The molecule has 0 saturated carbocycles. The van der Waals surface area contributed by atoms with Gasteiger partial charge in [-0.1, -0.05) is 41.9 Å². The Hall–Kier alpha value is -1.56. The van der Waals surface area contributed by atoms with Crippen LogP contribution in [-0.2, 0) is 22.3 Å². The largest absolute Gasteiger partial charge is 0.398 e. The second-order valence-electron chi connectivity index (χ2n) is 4.84. The average molecular weight is 325 g/mol. The van der Waals surface area contributed by atoms with Gasteiger partial charge in [0.05, 0.1) is 5.75 Å². The third-order valence-corrected chi connectivity index (χ3v) is 5.15. The number of hydrogen-bond acceptors (Lipinski definition) is 3. The van der Waals surface area contributed by atoms with Crippen LogP contribution in [0, 0.1) is 0 Å². The van der Waals surface area contributed by atoms with E-state index in [1.165, 1.54) is 4.31 Å². The Morgan fingerprint density at radius 1 is 1.14 bits per heavy atom. The molecule has 0 spiro atoms. The molecule has 0 bridgehead atoms. The molecule has 112 valence electrons. The van der Waals surface area contributed by atoms with Gasteiger partial charge in [0.25, 0.3) is 0 Å². The van der Waals surface area contributed by atoms with Crippen molar-refractivity contribution in [1.82, 2.24) is 4.31 Å². The topological polar surface area (TPSA) is 63.4 Å². The van der Waals surface area contributed by atoms with Gasteiger partial charge in [-0.25, -0.2) is 12.7 Å². The van der Waals surface area contributed by atoms with Gasteiger partial charge < -0.3 is 5.73 Å². The molecule has 0 radical (unpaired) electrons. The first-order chi connectivity index (χ1) is 9.88. The summed E-state index contributed by atoms with van der Waals surface area (Å²) in [6, 6.07) is 14.1. The highest BCUT2D eigenvalue weighted by atomic mass is 35.5. The lowest BCUT2D eigenvalue weighted by Crippen LogP contribution is -2.28. The van der Waals surface area contributed by atoms with Crippen LogP contribution in [0.2, 0.25) is 5.02 Å². The third kappa shape index (κ3) is 4.20. The molecular formula is C15H17ClN2O2S. The van der Waals surface area contributed by atoms with Crippen molar-refractivity contribution in [2.24, 2.45) is 0 Å². The lowest BCUT2D eigenvalue weighted by Gasteiger charge is -2.18. The molecule has 4 nitrogen and oxygen atoms in total. The third-order valence-electron chi connectivity index (χ3n) is 3.16. The first kappa shape index (κ1) is 15.8. The van der Waals surface area contributed by atoms with Crippen LogP contribution in [0.4, 0.5) is 5.69 Å². The van der Waals surface area contributed by atoms with E-state index in [1.807, 2.05) is 6.07 Å². The van der Waals surface area contributed by atoms with Gasteiger partial charge in [-0.15, -0.1) is 0 Å². The smallest absolute Gasteiger partial charge is 0.218 e. The fraction of sp³-hybridized carbons (Fsp3) is 0.200. The number of nitrogen functional groups attached to an aromatic ring is 1. The molecule has 0 unspecified atom stereocenters. The van der Waals surface area contributed by atoms with E-state index in [1.54, 1.807) is 49.5 Å². The quantitative estimate of drug-likeness (QED) is 0.860. The molecule has 6 heteroatoms. The highest BCUT2D eigenvalue weighted by molar-refractivity contribution is 7.88. The number of para-hydroxylation sites is 1. The van der Waals surface area contributed by atoms with Crippen molar-refractivity contribution in [1.29, 1.82) is 0 Å². The maximum absolute atomic E-state index is 12.4. The Kier molecular flexibility index (Phi) is 4.88. The van der Waals surface area contributed by atoms with Crippen LogP contribution >= 0.6 is 11.6 Å². The van der Waals surface area contributed by atoms with Gasteiger partial charge in [0.1, 0.15) is 0 Å². The Balaban J connectivity index is 2.14. The predicted octanol–water partition coefficient (Wildman–Crippen LogP) is 2.88. The van der Waals surface area contributed by atoms with Gasteiger partial charge >= 0.3 is 0 Å². The lowest BCUT2D eigenvalue weighted by molar-refractivity contribution is 0.466. The summed E-state index contributed by atoms with van der Waals surface area (Å²) in [5.41, 5.74) is 7.73. The Bertz CT molecular complexity index is 732. The number of hydrogen-bond donors (Lipinski definition) is 1. The number of rotatable bonds is 5. The normalized spacial score (nSPS) is 11.8. The van der Waals surface area contributed by atoms with Gasteiger partial charge in [0.2, 0.25) is 10.0 Å². The molecule has 0 aliphatic heterocycles. The van der Waals surface area contributed by atoms with Crippen LogP contribution < -0.4 is 5.73 Å². The molecular weight excluding hydrogens is 308 g/mol. The summed E-state index contributed by atoms with van der Waals surface area (Å²) in [4.78, 5) is 0. The van der Waals surface area contributed by atoms with E-state index < -0.39 is 10.0 Å². The van der Waals surface area contributed by atoms with Crippen LogP contribution in [0.3, 0.4) is 0 Å². The minimum atomic E-state index is -3.44. The fourth-order valence-electron chi connectivity index (χ4n) is 1.96. The van der Waals surface area contributed by atoms with E-state index in [-0.39, 0.29) is 12.3 Å².